The molecule has 0 fully saturated rings. The van der Waals surface area contributed by atoms with Gasteiger partial charge in [-0.1, -0.05) is 11.6 Å². The molecule has 1 rings (SSSR count). The molecule has 1 heterocycles. The first-order valence-electron chi connectivity index (χ1n) is 3.10. The van der Waals surface area contributed by atoms with Crippen molar-refractivity contribution in [2.75, 3.05) is 12.4 Å². The Morgan fingerprint density at radius 2 is 2.08 bits per heavy atom. The maximum absolute atomic E-state index is 7.03. The third-order valence-electron chi connectivity index (χ3n) is 1.25. The first-order chi connectivity index (χ1) is 5.69. The molecule has 2 N–H and O–H groups in total. The summed E-state index contributed by atoms with van der Waals surface area (Å²) in [6.45, 7) is 0. The largest absolute Gasteiger partial charge is 0.372 e. The van der Waals surface area contributed by atoms with Gasteiger partial charge in [-0.25, -0.2) is 9.97 Å². The Morgan fingerprint density at radius 3 is 2.58 bits per heavy atom. The molecular formula is C6H6Cl2N4. The van der Waals surface area contributed by atoms with E-state index in [9.17, 15) is 0 Å². The highest BCUT2D eigenvalue weighted by Gasteiger charge is 2.07. The average molecular weight is 205 g/mol. The molecule has 0 aliphatic rings. The highest BCUT2D eigenvalue weighted by atomic mass is 35.5. The van der Waals surface area contributed by atoms with E-state index in [-0.39, 0.29) is 10.4 Å². The first-order valence-corrected chi connectivity index (χ1v) is 3.86. The average Bonchev–Trinajstić information content (AvgIpc) is 2.03. The van der Waals surface area contributed by atoms with Gasteiger partial charge in [0.05, 0.1) is 5.56 Å². The molecule has 12 heavy (non-hydrogen) atoms. The second-order valence-electron chi connectivity index (χ2n) is 1.94. The minimum Gasteiger partial charge on any atom is -0.372 e. The number of hydrogen-bond acceptors (Lipinski definition) is 4. The number of nitrogens with zero attached hydrogens (tertiary/aromatic N) is 2. The minimum atomic E-state index is 0.0648. The number of rotatable bonds is 2. The topological polar surface area (TPSA) is 61.7 Å². The van der Waals surface area contributed by atoms with Gasteiger partial charge in [0.25, 0.3) is 0 Å². The molecule has 64 valence electrons. The Hall–Kier alpha value is -0.870. The molecule has 0 amide bonds. The van der Waals surface area contributed by atoms with Crippen molar-refractivity contribution in [1.29, 1.82) is 5.41 Å². The summed E-state index contributed by atoms with van der Waals surface area (Å²) < 4.78 is 0. The lowest BCUT2D eigenvalue weighted by molar-refractivity contribution is 1.15. The van der Waals surface area contributed by atoms with Gasteiger partial charge in [-0.3, -0.25) is 0 Å². The summed E-state index contributed by atoms with van der Waals surface area (Å²) in [7, 11) is 1.67. The van der Waals surface area contributed by atoms with Gasteiger partial charge in [0.2, 0.25) is 5.28 Å². The molecule has 0 aliphatic heterocycles. The van der Waals surface area contributed by atoms with Crippen molar-refractivity contribution < 1.29 is 0 Å². The van der Waals surface area contributed by atoms with Crippen molar-refractivity contribution in [2.24, 2.45) is 0 Å². The maximum atomic E-state index is 7.03. The third-order valence-corrected chi connectivity index (χ3v) is 1.71. The normalized spacial score (nSPS) is 9.58. The van der Waals surface area contributed by atoms with E-state index in [1.807, 2.05) is 0 Å². The molecular weight excluding hydrogens is 199 g/mol. The van der Waals surface area contributed by atoms with Crippen molar-refractivity contribution in [2.45, 2.75) is 0 Å². The standard InChI is InChI=1S/C6H6Cl2N4/c1-10-5-3(2-9)4(7)11-6(8)12-5/h2,9H,1H3,(H,10,11,12). The Morgan fingerprint density at radius 1 is 1.42 bits per heavy atom. The lowest BCUT2D eigenvalue weighted by Crippen LogP contribution is -2.01. The summed E-state index contributed by atoms with van der Waals surface area (Å²) in [4.78, 5) is 7.51. The molecule has 4 nitrogen and oxygen atoms in total. The Bertz CT molecular complexity index is 313. The van der Waals surface area contributed by atoms with Gasteiger partial charge in [-0.2, -0.15) is 0 Å². The van der Waals surface area contributed by atoms with Gasteiger partial charge in [-0.05, 0) is 11.6 Å². The molecule has 0 aromatic carbocycles. The van der Waals surface area contributed by atoms with Crippen LogP contribution >= 0.6 is 23.2 Å². The summed E-state index contributed by atoms with van der Waals surface area (Å²) >= 11 is 11.2. The summed E-state index contributed by atoms with van der Waals surface area (Å²) in [6, 6.07) is 0. The van der Waals surface area contributed by atoms with E-state index in [2.05, 4.69) is 15.3 Å². The molecule has 0 saturated heterocycles. The van der Waals surface area contributed by atoms with Gasteiger partial charge < -0.3 is 10.7 Å². The summed E-state index contributed by atoms with van der Waals surface area (Å²) in [5.41, 5.74) is 0.434. The number of nitrogens with one attached hydrogen (secondary N) is 2. The van der Waals surface area contributed by atoms with E-state index >= 15 is 0 Å². The Kier molecular flexibility index (Phi) is 2.83. The van der Waals surface area contributed by atoms with Gasteiger partial charge >= 0.3 is 0 Å². The number of hydrogen-bond donors (Lipinski definition) is 2. The summed E-state index contributed by atoms with van der Waals surface area (Å²) in [6.07, 6.45) is 1.07. The highest BCUT2D eigenvalue weighted by Crippen LogP contribution is 2.20. The fraction of sp³-hybridized carbons (Fsp3) is 0.167. The van der Waals surface area contributed by atoms with Crippen LogP contribution in [-0.2, 0) is 0 Å². The molecule has 1 aromatic rings. The minimum absolute atomic E-state index is 0.0648. The molecule has 1 aromatic heterocycles. The fourth-order valence-corrected chi connectivity index (χ4v) is 1.17. The van der Waals surface area contributed by atoms with Gasteiger partial charge in [0, 0.05) is 13.3 Å². The first kappa shape index (κ1) is 9.22. The second kappa shape index (κ2) is 3.69. The predicted octanol–water partition coefficient (Wildman–Crippen LogP) is 1.82. The molecule has 0 bridgehead atoms. The molecule has 6 heteroatoms. The van der Waals surface area contributed by atoms with Crippen LogP contribution in [0.1, 0.15) is 5.56 Å². The summed E-state index contributed by atoms with van der Waals surface area (Å²) in [5, 5.41) is 10.0. The fourth-order valence-electron chi connectivity index (χ4n) is 0.735. The van der Waals surface area contributed by atoms with Crippen LogP contribution in [0.25, 0.3) is 0 Å². The van der Waals surface area contributed by atoms with Crippen LogP contribution in [0.5, 0.6) is 0 Å². The zero-order valence-electron chi connectivity index (χ0n) is 6.23. The molecule has 0 saturated carbocycles. The van der Waals surface area contributed by atoms with Crippen LogP contribution < -0.4 is 5.32 Å². The van der Waals surface area contributed by atoms with Crippen LogP contribution in [0.2, 0.25) is 10.4 Å². The van der Waals surface area contributed by atoms with Crippen LogP contribution in [0.4, 0.5) is 5.82 Å². The third kappa shape index (κ3) is 1.65. The van der Waals surface area contributed by atoms with Crippen molar-refractivity contribution in [1.82, 2.24) is 9.97 Å². The SMILES string of the molecule is CNc1nc(Cl)nc(Cl)c1C=N. The number of aromatic nitrogens is 2. The van der Waals surface area contributed by atoms with Gasteiger partial charge in [0.1, 0.15) is 11.0 Å². The maximum Gasteiger partial charge on any atom is 0.225 e. The van der Waals surface area contributed by atoms with Crippen molar-refractivity contribution in [3.63, 3.8) is 0 Å². The van der Waals surface area contributed by atoms with Crippen LogP contribution in [-0.4, -0.2) is 23.2 Å². The highest BCUT2D eigenvalue weighted by molar-refractivity contribution is 6.34. The van der Waals surface area contributed by atoms with E-state index in [0.29, 0.717) is 11.4 Å². The van der Waals surface area contributed by atoms with Crippen molar-refractivity contribution >= 4 is 35.2 Å². The lowest BCUT2D eigenvalue weighted by atomic mass is 10.3. The van der Waals surface area contributed by atoms with E-state index in [1.165, 1.54) is 0 Å². The van der Waals surface area contributed by atoms with Gasteiger partial charge in [-0.15, -0.1) is 0 Å². The van der Waals surface area contributed by atoms with Crippen molar-refractivity contribution in [3.8, 4) is 0 Å². The van der Waals surface area contributed by atoms with Gasteiger partial charge in [0.15, 0.2) is 0 Å². The Labute approximate surface area is 79.4 Å². The lowest BCUT2D eigenvalue weighted by Gasteiger charge is -2.04. The molecule has 0 atom stereocenters. The van der Waals surface area contributed by atoms with E-state index in [1.54, 1.807) is 7.05 Å². The second-order valence-corrected chi connectivity index (χ2v) is 2.64. The monoisotopic (exact) mass is 204 g/mol. The van der Waals surface area contributed by atoms with Crippen LogP contribution in [0.3, 0.4) is 0 Å². The number of halogens is 2. The zero-order chi connectivity index (χ0) is 9.14. The quantitative estimate of drug-likeness (QED) is 0.439. The Balaban J connectivity index is 3.33. The van der Waals surface area contributed by atoms with Crippen LogP contribution in [0.15, 0.2) is 0 Å². The predicted molar refractivity (Wildman–Crippen MR) is 49.5 cm³/mol. The number of anilines is 1. The smallest absolute Gasteiger partial charge is 0.225 e. The molecule has 0 radical (unpaired) electrons. The zero-order valence-corrected chi connectivity index (χ0v) is 7.74. The van der Waals surface area contributed by atoms with E-state index in [4.69, 9.17) is 28.6 Å². The van der Waals surface area contributed by atoms with Crippen LogP contribution in [0, 0.1) is 5.41 Å². The molecule has 0 spiro atoms. The van der Waals surface area contributed by atoms with Crippen molar-refractivity contribution in [3.05, 3.63) is 16.0 Å². The van der Waals surface area contributed by atoms with E-state index < -0.39 is 0 Å². The van der Waals surface area contributed by atoms with E-state index in [0.717, 1.165) is 6.21 Å². The molecule has 0 aliphatic carbocycles. The molecule has 0 unspecified atom stereocenters. The summed E-state index contributed by atoms with van der Waals surface area (Å²) in [5.74, 6) is 0.454.